The summed E-state index contributed by atoms with van der Waals surface area (Å²) in [6.45, 7) is 5.46. The SMILES string of the molecule is CCCCO[C@@H]1C(C)[C@H](OC)OC2COC(c3ccccc3)O[C@@H]21. The van der Waals surface area contributed by atoms with Crippen molar-refractivity contribution in [2.75, 3.05) is 20.3 Å². The van der Waals surface area contributed by atoms with Crippen LogP contribution in [0.4, 0.5) is 0 Å². The number of hydrogen-bond acceptors (Lipinski definition) is 5. The highest BCUT2D eigenvalue weighted by atomic mass is 16.7. The van der Waals surface area contributed by atoms with Crippen molar-refractivity contribution in [3.63, 3.8) is 0 Å². The molecule has 0 amide bonds. The molecule has 0 aromatic heterocycles. The van der Waals surface area contributed by atoms with Gasteiger partial charge in [0, 0.05) is 25.2 Å². The van der Waals surface area contributed by atoms with Crippen LogP contribution in [-0.4, -0.2) is 44.9 Å². The van der Waals surface area contributed by atoms with Crippen molar-refractivity contribution < 1.29 is 23.7 Å². The van der Waals surface area contributed by atoms with E-state index in [0.29, 0.717) is 6.61 Å². The van der Waals surface area contributed by atoms with Crippen LogP contribution in [0.2, 0.25) is 0 Å². The molecule has 24 heavy (non-hydrogen) atoms. The Labute approximate surface area is 144 Å². The van der Waals surface area contributed by atoms with Gasteiger partial charge in [-0.1, -0.05) is 50.6 Å². The minimum atomic E-state index is -0.375. The first-order valence-electron chi connectivity index (χ1n) is 8.86. The lowest BCUT2D eigenvalue weighted by Gasteiger charge is -2.48. The van der Waals surface area contributed by atoms with Gasteiger partial charge in [-0.05, 0) is 6.42 Å². The van der Waals surface area contributed by atoms with Crippen LogP contribution in [0.3, 0.4) is 0 Å². The minimum Gasteiger partial charge on any atom is -0.375 e. The molecule has 2 fully saturated rings. The van der Waals surface area contributed by atoms with Crippen LogP contribution >= 0.6 is 0 Å². The second-order valence-corrected chi connectivity index (χ2v) is 6.50. The van der Waals surface area contributed by atoms with Crippen molar-refractivity contribution in [3.8, 4) is 0 Å². The number of ether oxygens (including phenoxy) is 5. The molecule has 0 saturated carbocycles. The normalized spacial score (nSPS) is 36.3. The molecule has 5 nitrogen and oxygen atoms in total. The highest BCUT2D eigenvalue weighted by Gasteiger charge is 2.49. The van der Waals surface area contributed by atoms with E-state index in [1.165, 1.54) is 0 Å². The minimum absolute atomic E-state index is 0.0598. The van der Waals surface area contributed by atoms with Gasteiger partial charge in [0.15, 0.2) is 12.6 Å². The Morgan fingerprint density at radius 1 is 1.17 bits per heavy atom. The first kappa shape index (κ1) is 17.8. The Kier molecular flexibility index (Phi) is 6.25. The van der Waals surface area contributed by atoms with E-state index in [2.05, 4.69) is 13.8 Å². The van der Waals surface area contributed by atoms with Gasteiger partial charge in [0.1, 0.15) is 12.2 Å². The van der Waals surface area contributed by atoms with Crippen LogP contribution in [0.1, 0.15) is 38.5 Å². The molecule has 6 atom stereocenters. The number of unbranched alkanes of at least 4 members (excludes halogenated alkanes) is 1. The van der Waals surface area contributed by atoms with Gasteiger partial charge in [0.25, 0.3) is 0 Å². The Hall–Kier alpha value is -0.980. The van der Waals surface area contributed by atoms with Crippen molar-refractivity contribution in [3.05, 3.63) is 35.9 Å². The summed E-state index contributed by atoms with van der Waals surface area (Å²) in [4.78, 5) is 0. The first-order valence-corrected chi connectivity index (χ1v) is 8.86. The number of benzene rings is 1. The molecule has 2 aliphatic rings. The second kappa shape index (κ2) is 8.41. The smallest absolute Gasteiger partial charge is 0.184 e. The van der Waals surface area contributed by atoms with Crippen molar-refractivity contribution in [2.24, 2.45) is 5.92 Å². The average molecular weight is 336 g/mol. The molecule has 2 aliphatic heterocycles. The largest absolute Gasteiger partial charge is 0.375 e. The molecule has 134 valence electrons. The van der Waals surface area contributed by atoms with E-state index in [0.717, 1.165) is 25.0 Å². The van der Waals surface area contributed by atoms with Gasteiger partial charge in [0.05, 0.1) is 12.7 Å². The third kappa shape index (κ3) is 3.81. The summed E-state index contributed by atoms with van der Waals surface area (Å²) in [6, 6.07) is 10.0. The Balaban J connectivity index is 1.73. The maximum absolute atomic E-state index is 6.26. The molecular weight excluding hydrogens is 308 g/mol. The lowest BCUT2D eigenvalue weighted by molar-refractivity contribution is -0.353. The van der Waals surface area contributed by atoms with E-state index in [4.69, 9.17) is 23.7 Å². The molecule has 1 aromatic rings. The van der Waals surface area contributed by atoms with Gasteiger partial charge >= 0.3 is 0 Å². The molecular formula is C19H28O5. The molecule has 2 saturated heterocycles. The zero-order valence-electron chi connectivity index (χ0n) is 14.7. The number of rotatable bonds is 6. The summed E-state index contributed by atoms with van der Waals surface area (Å²) in [6.07, 6.45) is 1.10. The lowest BCUT2D eigenvalue weighted by atomic mass is 9.91. The Morgan fingerprint density at radius 3 is 2.67 bits per heavy atom. The topological polar surface area (TPSA) is 46.2 Å². The summed E-state index contributed by atoms with van der Waals surface area (Å²) >= 11 is 0. The molecule has 0 bridgehead atoms. The van der Waals surface area contributed by atoms with Crippen molar-refractivity contribution in [1.82, 2.24) is 0 Å². The second-order valence-electron chi connectivity index (χ2n) is 6.50. The third-order valence-electron chi connectivity index (χ3n) is 4.75. The van der Waals surface area contributed by atoms with E-state index in [-0.39, 0.29) is 36.8 Å². The predicted molar refractivity (Wildman–Crippen MR) is 89.5 cm³/mol. The Bertz CT molecular complexity index is 494. The fourth-order valence-electron chi connectivity index (χ4n) is 3.37. The van der Waals surface area contributed by atoms with E-state index in [9.17, 15) is 0 Å². The molecule has 0 N–H and O–H groups in total. The summed E-state index contributed by atoms with van der Waals surface area (Å²) in [5.74, 6) is 0.0997. The van der Waals surface area contributed by atoms with Crippen molar-refractivity contribution in [1.29, 1.82) is 0 Å². The fourth-order valence-corrected chi connectivity index (χ4v) is 3.37. The van der Waals surface area contributed by atoms with Gasteiger partial charge in [0.2, 0.25) is 0 Å². The number of hydrogen-bond donors (Lipinski definition) is 0. The number of fused-ring (bicyclic) bond motifs is 1. The zero-order chi connectivity index (χ0) is 16.9. The molecule has 3 unspecified atom stereocenters. The van der Waals surface area contributed by atoms with E-state index in [1.54, 1.807) is 7.11 Å². The van der Waals surface area contributed by atoms with Crippen molar-refractivity contribution >= 4 is 0 Å². The quantitative estimate of drug-likeness (QED) is 0.746. The summed E-state index contributed by atoms with van der Waals surface area (Å²) in [5.41, 5.74) is 1.02. The average Bonchev–Trinajstić information content (AvgIpc) is 2.63. The number of methoxy groups -OCH3 is 1. The molecule has 1 aromatic carbocycles. The van der Waals surface area contributed by atoms with Gasteiger partial charge in [-0.2, -0.15) is 0 Å². The van der Waals surface area contributed by atoms with Gasteiger partial charge in [-0.15, -0.1) is 0 Å². The molecule has 5 heteroatoms. The standard InChI is InChI=1S/C19H28O5/c1-4-5-11-21-16-13(2)18(20-3)23-15-12-22-19(24-17(15)16)14-9-7-6-8-10-14/h6-10,13,15-19H,4-5,11-12H2,1-3H3/t13?,15?,16-,17+,18-,19?/m1/s1. The van der Waals surface area contributed by atoms with Crippen LogP contribution in [0, 0.1) is 5.92 Å². The van der Waals surface area contributed by atoms with E-state index in [1.807, 2.05) is 30.3 Å². The summed E-state index contributed by atoms with van der Waals surface area (Å²) in [5, 5.41) is 0. The Morgan fingerprint density at radius 2 is 1.96 bits per heavy atom. The zero-order valence-corrected chi connectivity index (χ0v) is 14.7. The van der Waals surface area contributed by atoms with E-state index >= 15 is 0 Å². The molecule has 0 aliphatic carbocycles. The molecule has 2 heterocycles. The predicted octanol–water partition coefficient (Wildman–Crippen LogP) is 3.29. The van der Waals surface area contributed by atoms with Gasteiger partial charge in [-0.25, -0.2) is 0 Å². The first-order chi connectivity index (χ1) is 11.7. The molecule has 3 rings (SSSR count). The van der Waals surface area contributed by atoms with Crippen molar-refractivity contribution in [2.45, 2.75) is 57.6 Å². The van der Waals surface area contributed by atoms with E-state index < -0.39 is 0 Å². The van der Waals surface area contributed by atoms with Crippen LogP contribution in [0.25, 0.3) is 0 Å². The molecule has 0 spiro atoms. The van der Waals surface area contributed by atoms with Crippen LogP contribution in [0.5, 0.6) is 0 Å². The fraction of sp³-hybridized carbons (Fsp3) is 0.684. The van der Waals surface area contributed by atoms with Gasteiger partial charge < -0.3 is 23.7 Å². The summed E-state index contributed by atoms with van der Waals surface area (Å²) < 4.78 is 29.8. The highest BCUT2D eigenvalue weighted by Crippen LogP contribution is 2.37. The van der Waals surface area contributed by atoms with Gasteiger partial charge in [-0.3, -0.25) is 0 Å². The van der Waals surface area contributed by atoms with Crippen LogP contribution < -0.4 is 0 Å². The van der Waals surface area contributed by atoms with Crippen LogP contribution in [-0.2, 0) is 23.7 Å². The summed E-state index contributed by atoms with van der Waals surface area (Å²) in [7, 11) is 1.67. The third-order valence-corrected chi connectivity index (χ3v) is 4.75. The maximum Gasteiger partial charge on any atom is 0.184 e. The van der Waals surface area contributed by atoms with Crippen LogP contribution in [0.15, 0.2) is 30.3 Å². The lowest BCUT2D eigenvalue weighted by Crippen LogP contribution is -2.59. The monoisotopic (exact) mass is 336 g/mol. The molecule has 0 radical (unpaired) electrons. The highest BCUT2D eigenvalue weighted by molar-refractivity contribution is 5.16. The maximum atomic E-state index is 6.26.